The molecule has 0 aliphatic heterocycles. The number of benzene rings is 1. The standard InChI is InChI=1S/C18H26N4O2/c1-13-18(14(2)22(21-13)10-11-23)12-19-9-8-16-4-6-17(7-5-16)20-15(3)24/h4-7,19,23H,8-12H2,1-3H3,(H,20,24). The maximum atomic E-state index is 11.0. The van der Waals surface area contributed by atoms with Gasteiger partial charge in [-0.2, -0.15) is 5.10 Å². The monoisotopic (exact) mass is 330 g/mol. The van der Waals surface area contributed by atoms with Crippen molar-refractivity contribution in [1.82, 2.24) is 15.1 Å². The number of aryl methyl sites for hydroxylation is 1. The van der Waals surface area contributed by atoms with Gasteiger partial charge in [-0.1, -0.05) is 12.1 Å². The summed E-state index contributed by atoms with van der Waals surface area (Å²) in [6.45, 7) is 7.81. The van der Waals surface area contributed by atoms with Gasteiger partial charge in [-0.15, -0.1) is 0 Å². The third-order valence-electron chi connectivity index (χ3n) is 4.01. The van der Waals surface area contributed by atoms with Crippen molar-refractivity contribution in [1.29, 1.82) is 0 Å². The molecule has 0 aliphatic carbocycles. The second kappa shape index (κ2) is 8.61. The molecule has 6 nitrogen and oxygen atoms in total. The Hall–Kier alpha value is -2.18. The lowest BCUT2D eigenvalue weighted by Gasteiger charge is -2.07. The summed E-state index contributed by atoms with van der Waals surface area (Å²) in [5.41, 5.74) is 5.36. The highest BCUT2D eigenvalue weighted by atomic mass is 16.3. The smallest absolute Gasteiger partial charge is 0.221 e. The van der Waals surface area contributed by atoms with Gasteiger partial charge in [-0.05, 0) is 44.5 Å². The van der Waals surface area contributed by atoms with Crippen molar-refractivity contribution < 1.29 is 9.90 Å². The third kappa shape index (κ3) is 4.91. The zero-order valence-electron chi connectivity index (χ0n) is 14.6. The number of nitrogens with one attached hydrogen (secondary N) is 2. The molecule has 130 valence electrons. The number of hydrogen-bond acceptors (Lipinski definition) is 4. The molecule has 0 spiro atoms. The van der Waals surface area contributed by atoms with Crippen molar-refractivity contribution in [3.63, 3.8) is 0 Å². The highest BCUT2D eigenvalue weighted by Gasteiger charge is 2.10. The van der Waals surface area contributed by atoms with Crippen LogP contribution in [0.4, 0.5) is 5.69 Å². The summed E-state index contributed by atoms with van der Waals surface area (Å²) in [5, 5.41) is 19.7. The first kappa shape index (κ1) is 18.2. The van der Waals surface area contributed by atoms with Gasteiger partial charge in [-0.25, -0.2) is 0 Å². The lowest BCUT2D eigenvalue weighted by atomic mass is 10.1. The molecular formula is C18H26N4O2. The fourth-order valence-electron chi connectivity index (χ4n) is 2.71. The summed E-state index contributed by atoms with van der Waals surface area (Å²) in [6, 6.07) is 7.90. The van der Waals surface area contributed by atoms with Gasteiger partial charge in [0.1, 0.15) is 0 Å². The number of hydrogen-bond donors (Lipinski definition) is 3. The van der Waals surface area contributed by atoms with Gasteiger partial charge >= 0.3 is 0 Å². The number of carbonyl (C=O) groups is 1. The van der Waals surface area contributed by atoms with Gasteiger partial charge in [0.05, 0.1) is 18.8 Å². The average Bonchev–Trinajstić information content (AvgIpc) is 2.80. The van der Waals surface area contributed by atoms with Crippen LogP contribution in [0.2, 0.25) is 0 Å². The van der Waals surface area contributed by atoms with Crippen molar-refractivity contribution in [3.8, 4) is 0 Å². The van der Waals surface area contributed by atoms with E-state index in [0.717, 1.165) is 36.6 Å². The first-order valence-electron chi connectivity index (χ1n) is 8.22. The largest absolute Gasteiger partial charge is 0.394 e. The van der Waals surface area contributed by atoms with Crippen LogP contribution in [0.25, 0.3) is 0 Å². The number of amides is 1. The number of aliphatic hydroxyl groups excluding tert-OH is 1. The lowest BCUT2D eigenvalue weighted by molar-refractivity contribution is -0.114. The minimum Gasteiger partial charge on any atom is -0.394 e. The summed E-state index contributed by atoms with van der Waals surface area (Å²) >= 11 is 0. The normalized spacial score (nSPS) is 10.8. The van der Waals surface area contributed by atoms with Crippen molar-refractivity contribution >= 4 is 11.6 Å². The van der Waals surface area contributed by atoms with Crippen LogP contribution >= 0.6 is 0 Å². The molecule has 0 fully saturated rings. The Labute approximate surface area is 142 Å². The van der Waals surface area contributed by atoms with E-state index in [1.54, 1.807) is 0 Å². The van der Waals surface area contributed by atoms with Crippen molar-refractivity contribution in [2.45, 2.75) is 40.3 Å². The molecule has 1 aromatic carbocycles. The van der Waals surface area contributed by atoms with E-state index in [1.807, 2.05) is 42.8 Å². The fourth-order valence-corrected chi connectivity index (χ4v) is 2.71. The Morgan fingerprint density at radius 2 is 1.96 bits per heavy atom. The number of aliphatic hydroxyl groups is 1. The van der Waals surface area contributed by atoms with E-state index in [0.29, 0.717) is 6.54 Å². The number of rotatable bonds is 8. The van der Waals surface area contributed by atoms with E-state index in [4.69, 9.17) is 5.11 Å². The Balaban J connectivity index is 1.82. The van der Waals surface area contributed by atoms with E-state index in [9.17, 15) is 4.79 Å². The van der Waals surface area contributed by atoms with E-state index >= 15 is 0 Å². The van der Waals surface area contributed by atoms with Crippen LogP contribution in [0.5, 0.6) is 0 Å². The second-order valence-corrected chi connectivity index (χ2v) is 5.90. The Morgan fingerprint density at radius 1 is 1.25 bits per heavy atom. The molecular weight excluding hydrogens is 304 g/mol. The molecule has 2 aromatic rings. The van der Waals surface area contributed by atoms with E-state index in [-0.39, 0.29) is 12.5 Å². The van der Waals surface area contributed by atoms with Crippen molar-refractivity contribution in [2.24, 2.45) is 0 Å². The van der Waals surface area contributed by atoms with Crippen LogP contribution in [0, 0.1) is 13.8 Å². The first-order valence-corrected chi connectivity index (χ1v) is 8.22. The van der Waals surface area contributed by atoms with E-state index < -0.39 is 0 Å². The van der Waals surface area contributed by atoms with Crippen molar-refractivity contribution in [3.05, 3.63) is 46.8 Å². The molecule has 2 rings (SSSR count). The summed E-state index contributed by atoms with van der Waals surface area (Å²) in [4.78, 5) is 11.0. The van der Waals surface area contributed by atoms with Crippen LogP contribution < -0.4 is 10.6 Å². The highest BCUT2D eigenvalue weighted by molar-refractivity contribution is 5.88. The molecule has 1 heterocycles. The second-order valence-electron chi connectivity index (χ2n) is 5.90. The zero-order chi connectivity index (χ0) is 17.5. The highest BCUT2D eigenvalue weighted by Crippen LogP contribution is 2.13. The van der Waals surface area contributed by atoms with Crippen LogP contribution in [-0.2, 0) is 24.3 Å². The Kier molecular flexibility index (Phi) is 6.52. The minimum absolute atomic E-state index is 0.0584. The maximum Gasteiger partial charge on any atom is 0.221 e. The molecule has 1 amide bonds. The Morgan fingerprint density at radius 3 is 2.58 bits per heavy atom. The molecule has 0 aliphatic rings. The molecule has 0 saturated heterocycles. The molecule has 6 heteroatoms. The molecule has 0 radical (unpaired) electrons. The van der Waals surface area contributed by atoms with Gasteiger partial charge in [0.2, 0.25) is 5.91 Å². The summed E-state index contributed by atoms with van der Waals surface area (Å²) < 4.78 is 1.85. The van der Waals surface area contributed by atoms with Crippen LogP contribution in [0.3, 0.4) is 0 Å². The van der Waals surface area contributed by atoms with E-state index in [2.05, 4.69) is 15.7 Å². The van der Waals surface area contributed by atoms with Crippen molar-refractivity contribution in [2.75, 3.05) is 18.5 Å². The number of anilines is 1. The predicted molar refractivity (Wildman–Crippen MR) is 94.9 cm³/mol. The SMILES string of the molecule is CC(=O)Nc1ccc(CCNCc2c(C)nn(CCO)c2C)cc1. The Bertz CT molecular complexity index is 677. The molecule has 0 atom stereocenters. The van der Waals surface area contributed by atoms with Crippen LogP contribution in [-0.4, -0.2) is 33.9 Å². The quantitative estimate of drug-likeness (QED) is 0.645. The van der Waals surface area contributed by atoms with Crippen LogP contribution in [0.15, 0.2) is 24.3 Å². The van der Waals surface area contributed by atoms with Gasteiger partial charge in [0, 0.05) is 30.4 Å². The van der Waals surface area contributed by atoms with Gasteiger partial charge in [-0.3, -0.25) is 9.48 Å². The van der Waals surface area contributed by atoms with Gasteiger partial charge in [0.25, 0.3) is 0 Å². The molecule has 3 N–H and O–H groups in total. The first-order chi connectivity index (χ1) is 11.5. The average molecular weight is 330 g/mol. The lowest BCUT2D eigenvalue weighted by Crippen LogP contribution is -2.17. The fraction of sp³-hybridized carbons (Fsp3) is 0.444. The molecule has 0 bridgehead atoms. The summed E-state index contributed by atoms with van der Waals surface area (Å²) in [6.07, 6.45) is 0.920. The number of carbonyl (C=O) groups excluding carboxylic acids is 1. The zero-order valence-corrected chi connectivity index (χ0v) is 14.6. The number of nitrogens with zero attached hydrogens (tertiary/aromatic N) is 2. The maximum absolute atomic E-state index is 11.0. The van der Waals surface area contributed by atoms with E-state index in [1.165, 1.54) is 18.1 Å². The molecule has 1 aromatic heterocycles. The minimum atomic E-state index is -0.0584. The third-order valence-corrected chi connectivity index (χ3v) is 4.01. The molecule has 0 saturated carbocycles. The van der Waals surface area contributed by atoms with Gasteiger partial charge < -0.3 is 15.7 Å². The topological polar surface area (TPSA) is 79.2 Å². The molecule has 24 heavy (non-hydrogen) atoms. The molecule has 0 unspecified atom stereocenters. The summed E-state index contributed by atoms with van der Waals surface area (Å²) in [5.74, 6) is -0.0584. The van der Waals surface area contributed by atoms with Crippen LogP contribution in [0.1, 0.15) is 29.4 Å². The number of aromatic nitrogens is 2. The van der Waals surface area contributed by atoms with Gasteiger partial charge in [0.15, 0.2) is 0 Å². The summed E-state index contributed by atoms with van der Waals surface area (Å²) in [7, 11) is 0. The predicted octanol–water partition coefficient (Wildman–Crippen LogP) is 1.78.